The summed E-state index contributed by atoms with van der Waals surface area (Å²) in [4.78, 5) is 13.1. The molecule has 2 aliphatic rings. The van der Waals surface area contributed by atoms with E-state index >= 15 is 0 Å². The number of ether oxygens (including phenoxy) is 4. The lowest BCUT2D eigenvalue weighted by atomic mass is 9.97. The Labute approximate surface area is 406 Å². The topological polar surface area (TPSA) is 228 Å². The van der Waals surface area contributed by atoms with Crippen LogP contribution < -0.4 is 5.32 Å². The number of hydrogen-bond acceptors (Lipinski definition) is 13. The fraction of sp³-hybridized carbons (Fsp3) is 0.943. The van der Waals surface area contributed by atoms with E-state index < -0.39 is 86.8 Å². The van der Waals surface area contributed by atoms with Gasteiger partial charge >= 0.3 is 0 Å². The van der Waals surface area contributed by atoms with Crippen molar-refractivity contribution >= 4 is 5.91 Å². The van der Waals surface area contributed by atoms with E-state index in [2.05, 4.69) is 19.2 Å². The van der Waals surface area contributed by atoms with Gasteiger partial charge in [-0.05, 0) is 19.3 Å². The quantitative estimate of drug-likeness (QED) is 0.0209. The van der Waals surface area contributed by atoms with Crippen molar-refractivity contribution in [3.05, 3.63) is 12.2 Å². The van der Waals surface area contributed by atoms with E-state index in [-0.39, 0.29) is 18.9 Å². The summed E-state index contributed by atoms with van der Waals surface area (Å²) >= 11 is 0. The average Bonchev–Trinajstić information content (AvgIpc) is 3.32. The smallest absolute Gasteiger partial charge is 0.220 e. The van der Waals surface area contributed by atoms with E-state index in [0.29, 0.717) is 6.42 Å². The molecule has 12 atom stereocenters. The van der Waals surface area contributed by atoms with Crippen molar-refractivity contribution in [1.29, 1.82) is 0 Å². The SMILES string of the molecule is CCCCCCCCCCCCCCCCCCCCCCCC/C=C/C(O)C(COC1OC(CO)C(OC2OC(CO)C(O)C(O)C2O)C(O)C1O)NC(=O)CCCCCCCCCCC. The Bertz CT molecular complexity index is 1180. The molecule has 0 radical (unpaired) electrons. The molecular weight excluding hydrogens is 859 g/mol. The van der Waals surface area contributed by atoms with E-state index in [0.717, 1.165) is 38.5 Å². The van der Waals surface area contributed by atoms with Crippen LogP contribution in [0.25, 0.3) is 0 Å². The average molecular weight is 960 g/mol. The van der Waals surface area contributed by atoms with Crippen LogP contribution in [-0.4, -0.2) is 140 Å². The molecule has 0 aliphatic carbocycles. The molecule has 0 aromatic rings. The van der Waals surface area contributed by atoms with Crippen molar-refractivity contribution in [1.82, 2.24) is 5.32 Å². The monoisotopic (exact) mass is 960 g/mol. The molecule has 0 spiro atoms. The summed E-state index contributed by atoms with van der Waals surface area (Å²) in [7, 11) is 0. The Morgan fingerprint density at radius 3 is 1.37 bits per heavy atom. The number of aliphatic hydroxyl groups excluding tert-OH is 8. The first-order valence-corrected chi connectivity index (χ1v) is 27.4. The molecule has 2 rings (SSSR count). The Morgan fingerprint density at radius 2 is 0.925 bits per heavy atom. The normalized spacial score (nSPS) is 26.6. The first-order chi connectivity index (χ1) is 32.6. The van der Waals surface area contributed by atoms with Crippen LogP contribution in [0.4, 0.5) is 0 Å². The van der Waals surface area contributed by atoms with Gasteiger partial charge in [-0.25, -0.2) is 0 Å². The first kappa shape index (κ1) is 61.8. The molecule has 1 amide bonds. The zero-order chi connectivity index (χ0) is 48.9. The van der Waals surface area contributed by atoms with Gasteiger partial charge in [-0.3, -0.25) is 4.79 Å². The molecule has 12 unspecified atom stereocenters. The highest BCUT2D eigenvalue weighted by Crippen LogP contribution is 2.30. The zero-order valence-corrected chi connectivity index (χ0v) is 42.2. The highest BCUT2D eigenvalue weighted by molar-refractivity contribution is 5.76. The molecule has 0 aromatic carbocycles. The van der Waals surface area contributed by atoms with Crippen molar-refractivity contribution in [2.24, 2.45) is 0 Å². The third-order valence-corrected chi connectivity index (χ3v) is 13.7. The number of allylic oxidation sites excluding steroid dienone is 1. The lowest BCUT2D eigenvalue weighted by Gasteiger charge is -2.46. The van der Waals surface area contributed by atoms with Gasteiger partial charge in [-0.2, -0.15) is 0 Å². The van der Waals surface area contributed by atoms with Crippen LogP contribution in [0.1, 0.15) is 226 Å². The minimum atomic E-state index is -1.78. The third-order valence-electron chi connectivity index (χ3n) is 13.7. The summed E-state index contributed by atoms with van der Waals surface area (Å²) in [5.74, 6) is -0.241. The van der Waals surface area contributed by atoms with Crippen molar-refractivity contribution in [3.63, 3.8) is 0 Å². The van der Waals surface area contributed by atoms with Gasteiger partial charge in [-0.1, -0.05) is 212 Å². The molecule has 2 aliphatic heterocycles. The minimum Gasteiger partial charge on any atom is -0.394 e. The number of unbranched alkanes of at least 4 members (excludes halogenated alkanes) is 30. The Morgan fingerprint density at radius 1 is 0.522 bits per heavy atom. The fourth-order valence-electron chi connectivity index (χ4n) is 9.23. The van der Waals surface area contributed by atoms with Gasteiger partial charge in [0.1, 0.15) is 48.8 Å². The predicted molar refractivity (Wildman–Crippen MR) is 263 cm³/mol. The maximum atomic E-state index is 13.1. The predicted octanol–water partition coefficient (Wildman–Crippen LogP) is 7.94. The highest BCUT2D eigenvalue weighted by atomic mass is 16.7. The van der Waals surface area contributed by atoms with Crippen LogP contribution in [0, 0.1) is 0 Å². The molecule has 14 heteroatoms. The summed E-state index contributed by atoms with van der Waals surface area (Å²) in [6, 6.07) is -0.907. The first-order valence-electron chi connectivity index (χ1n) is 27.4. The maximum absolute atomic E-state index is 13.1. The number of hydrogen-bond donors (Lipinski definition) is 9. The van der Waals surface area contributed by atoms with Crippen LogP contribution in [0.5, 0.6) is 0 Å². The van der Waals surface area contributed by atoms with Gasteiger partial charge in [0.2, 0.25) is 5.91 Å². The summed E-state index contributed by atoms with van der Waals surface area (Å²) < 4.78 is 22.7. The van der Waals surface area contributed by atoms with Gasteiger partial charge < -0.3 is 65.1 Å². The molecule has 2 saturated heterocycles. The Balaban J connectivity index is 1.74. The van der Waals surface area contributed by atoms with Crippen LogP contribution >= 0.6 is 0 Å². The molecule has 14 nitrogen and oxygen atoms in total. The number of rotatable bonds is 43. The Kier molecular flexibility index (Phi) is 37.2. The molecule has 0 bridgehead atoms. The van der Waals surface area contributed by atoms with Crippen molar-refractivity contribution < 1.29 is 64.6 Å². The molecular formula is C53H101NO13. The number of carbonyl (C=O) groups excluding carboxylic acids is 1. The van der Waals surface area contributed by atoms with Crippen molar-refractivity contribution in [2.75, 3.05) is 19.8 Å². The number of aliphatic hydroxyl groups is 8. The summed E-state index contributed by atoms with van der Waals surface area (Å²) in [5.41, 5.74) is 0. The van der Waals surface area contributed by atoms with E-state index in [9.17, 15) is 45.6 Å². The molecule has 2 fully saturated rings. The van der Waals surface area contributed by atoms with Crippen LogP contribution in [0.15, 0.2) is 12.2 Å². The fourth-order valence-corrected chi connectivity index (χ4v) is 9.23. The second kappa shape index (κ2) is 40.3. The van der Waals surface area contributed by atoms with Crippen LogP contribution in [0.3, 0.4) is 0 Å². The van der Waals surface area contributed by atoms with E-state index in [1.807, 2.05) is 6.08 Å². The maximum Gasteiger partial charge on any atom is 0.220 e. The lowest BCUT2D eigenvalue weighted by molar-refractivity contribution is -0.359. The lowest BCUT2D eigenvalue weighted by Crippen LogP contribution is -2.65. The van der Waals surface area contributed by atoms with E-state index in [1.54, 1.807) is 6.08 Å². The summed E-state index contributed by atoms with van der Waals surface area (Å²) in [6.07, 6.45) is 27.0. The van der Waals surface area contributed by atoms with Gasteiger partial charge in [0.05, 0.1) is 32.0 Å². The second-order valence-electron chi connectivity index (χ2n) is 19.7. The van der Waals surface area contributed by atoms with Crippen molar-refractivity contribution in [2.45, 2.75) is 299 Å². The number of carbonyl (C=O) groups is 1. The third kappa shape index (κ3) is 27.2. The molecule has 0 saturated carbocycles. The Hall–Kier alpha value is -1.27. The van der Waals surface area contributed by atoms with Gasteiger partial charge in [0.25, 0.3) is 0 Å². The van der Waals surface area contributed by atoms with Crippen LogP contribution in [0.2, 0.25) is 0 Å². The van der Waals surface area contributed by atoms with Gasteiger partial charge in [0, 0.05) is 6.42 Å². The number of nitrogens with one attached hydrogen (secondary N) is 1. The van der Waals surface area contributed by atoms with E-state index in [1.165, 1.54) is 161 Å². The van der Waals surface area contributed by atoms with Crippen molar-refractivity contribution in [3.8, 4) is 0 Å². The summed E-state index contributed by atoms with van der Waals surface area (Å²) in [6.45, 7) is 2.78. The molecule has 2 heterocycles. The largest absolute Gasteiger partial charge is 0.394 e. The van der Waals surface area contributed by atoms with Gasteiger partial charge in [0.15, 0.2) is 12.6 Å². The van der Waals surface area contributed by atoms with E-state index in [4.69, 9.17) is 18.9 Å². The molecule has 0 aromatic heterocycles. The standard InChI is InChI=1S/C53H101NO13/c1-3-5-7-9-11-13-14-15-16-17-18-19-20-21-22-23-24-25-26-27-29-30-32-34-36-42(57)41(54-45(58)37-35-33-31-28-12-10-8-6-4-2)40-64-52-50(63)48(61)51(44(39-56)66-52)67-53-49(62)47(60)46(59)43(38-55)65-53/h34,36,41-44,46-53,55-57,59-63H,3-33,35,37-40H2,1-2H3,(H,54,58)/b36-34+. The van der Waals surface area contributed by atoms with Gasteiger partial charge in [-0.15, -0.1) is 0 Å². The summed E-state index contributed by atoms with van der Waals surface area (Å²) in [5, 5.41) is 86.7. The second-order valence-corrected chi connectivity index (χ2v) is 19.7. The molecule has 396 valence electrons. The highest BCUT2D eigenvalue weighted by Gasteiger charge is 2.51. The molecule has 9 N–H and O–H groups in total. The van der Waals surface area contributed by atoms with Crippen LogP contribution in [-0.2, 0) is 23.7 Å². The zero-order valence-electron chi connectivity index (χ0n) is 42.2. The number of amides is 1. The minimum absolute atomic E-state index is 0.241. The molecule has 67 heavy (non-hydrogen) atoms.